The van der Waals surface area contributed by atoms with Gasteiger partial charge in [-0.15, -0.1) is 0 Å². The van der Waals surface area contributed by atoms with E-state index in [1.54, 1.807) is 42.9 Å². The summed E-state index contributed by atoms with van der Waals surface area (Å²) < 4.78 is 10.9. The van der Waals surface area contributed by atoms with Crippen LogP contribution in [0.15, 0.2) is 75.0 Å². The lowest BCUT2D eigenvalue weighted by atomic mass is 10.1. The van der Waals surface area contributed by atoms with Gasteiger partial charge in [-0.25, -0.2) is 5.01 Å². The van der Waals surface area contributed by atoms with Gasteiger partial charge in [0.15, 0.2) is 5.78 Å². The minimum atomic E-state index is -0.340. The standard InChI is InChI=1S/C21H19N3O4/c1-14(25)15-6-2-3-7-16(15)22-13-21(26)24-18(20-9-5-11-28-20)12-17(23-24)19-8-4-10-27-19/h2-11,18,22H,12-13H2,1H3. The van der Waals surface area contributed by atoms with Crippen LogP contribution in [0.5, 0.6) is 0 Å². The number of rotatable bonds is 6. The summed E-state index contributed by atoms with van der Waals surface area (Å²) in [4.78, 5) is 24.7. The molecule has 3 aromatic rings. The van der Waals surface area contributed by atoms with Crippen LogP contribution in [0, 0.1) is 0 Å². The Labute approximate surface area is 161 Å². The molecule has 7 heteroatoms. The lowest BCUT2D eigenvalue weighted by molar-refractivity contribution is -0.131. The first kappa shape index (κ1) is 17.8. The maximum absolute atomic E-state index is 12.9. The Morgan fingerprint density at radius 2 is 1.89 bits per heavy atom. The van der Waals surface area contributed by atoms with Gasteiger partial charge in [0.1, 0.15) is 23.3 Å². The van der Waals surface area contributed by atoms with Crippen LogP contribution in [-0.4, -0.2) is 29.0 Å². The van der Waals surface area contributed by atoms with Crippen LogP contribution >= 0.6 is 0 Å². The Balaban J connectivity index is 1.55. The fraction of sp³-hybridized carbons (Fsp3) is 0.190. The highest BCUT2D eigenvalue weighted by atomic mass is 16.3. The molecule has 0 aliphatic carbocycles. The molecular formula is C21H19N3O4. The number of hydrazone groups is 1. The van der Waals surface area contributed by atoms with Crippen molar-refractivity contribution in [3.8, 4) is 0 Å². The zero-order valence-electron chi connectivity index (χ0n) is 15.3. The van der Waals surface area contributed by atoms with Crippen molar-refractivity contribution in [2.75, 3.05) is 11.9 Å². The summed E-state index contributed by atoms with van der Waals surface area (Å²) in [7, 11) is 0. The number of Topliss-reactive ketones (excluding diaryl/α,β-unsaturated/α-hetero) is 1. The van der Waals surface area contributed by atoms with Crippen LogP contribution in [-0.2, 0) is 4.79 Å². The van der Waals surface area contributed by atoms with Crippen molar-refractivity contribution in [1.29, 1.82) is 0 Å². The van der Waals surface area contributed by atoms with Crippen LogP contribution in [0.25, 0.3) is 0 Å². The fourth-order valence-electron chi connectivity index (χ4n) is 3.23. The molecule has 1 N–H and O–H groups in total. The van der Waals surface area contributed by atoms with E-state index in [2.05, 4.69) is 10.4 Å². The Bertz CT molecular complexity index is 1010. The Morgan fingerprint density at radius 1 is 1.11 bits per heavy atom. The second kappa shape index (κ2) is 7.56. The second-order valence-corrected chi connectivity index (χ2v) is 6.45. The number of nitrogens with one attached hydrogen (secondary N) is 1. The zero-order valence-corrected chi connectivity index (χ0v) is 15.3. The number of carbonyl (C=O) groups excluding carboxylic acids is 2. The van der Waals surface area contributed by atoms with Gasteiger partial charge in [-0.2, -0.15) is 5.10 Å². The predicted molar refractivity (Wildman–Crippen MR) is 103 cm³/mol. The minimum absolute atomic E-state index is 0.00354. The van der Waals surface area contributed by atoms with Crippen LogP contribution in [0.2, 0.25) is 0 Å². The quantitative estimate of drug-likeness (QED) is 0.659. The lowest BCUT2D eigenvalue weighted by Crippen LogP contribution is -2.32. The maximum Gasteiger partial charge on any atom is 0.262 e. The molecule has 2 aromatic heterocycles. The van der Waals surface area contributed by atoms with Gasteiger partial charge < -0.3 is 14.2 Å². The molecule has 7 nitrogen and oxygen atoms in total. The Hall–Kier alpha value is -3.61. The summed E-state index contributed by atoms with van der Waals surface area (Å²) in [6, 6.07) is 14.0. The van der Waals surface area contributed by atoms with Gasteiger partial charge in [0.05, 0.1) is 19.1 Å². The van der Waals surface area contributed by atoms with Gasteiger partial charge in [-0.05, 0) is 43.3 Å². The van der Waals surface area contributed by atoms with E-state index < -0.39 is 0 Å². The first-order valence-corrected chi connectivity index (χ1v) is 8.94. The van der Waals surface area contributed by atoms with E-state index in [4.69, 9.17) is 8.83 Å². The van der Waals surface area contributed by atoms with Crippen LogP contribution in [0.3, 0.4) is 0 Å². The van der Waals surface area contributed by atoms with Crippen molar-refractivity contribution >= 4 is 23.1 Å². The molecule has 142 valence electrons. The van der Waals surface area contributed by atoms with E-state index in [1.165, 1.54) is 11.9 Å². The molecule has 3 heterocycles. The van der Waals surface area contributed by atoms with Gasteiger partial charge in [-0.1, -0.05) is 12.1 Å². The molecule has 0 bridgehead atoms. The summed E-state index contributed by atoms with van der Waals surface area (Å²) in [5.41, 5.74) is 1.84. The Morgan fingerprint density at radius 3 is 2.61 bits per heavy atom. The first-order chi connectivity index (χ1) is 13.6. The number of ketones is 1. The molecule has 1 unspecified atom stereocenters. The molecular weight excluding hydrogens is 358 g/mol. The molecule has 4 rings (SSSR count). The summed E-state index contributed by atoms with van der Waals surface area (Å²) >= 11 is 0. The molecule has 1 amide bonds. The van der Waals surface area contributed by atoms with Crippen LogP contribution < -0.4 is 5.32 Å². The largest absolute Gasteiger partial charge is 0.467 e. The average molecular weight is 377 g/mol. The summed E-state index contributed by atoms with van der Waals surface area (Å²) in [6.45, 7) is 1.49. The Kier molecular flexibility index (Phi) is 4.80. The van der Waals surface area contributed by atoms with Gasteiger partial charge in [0, 0.05) is 17.7 Å². The molecule has 0 spiro atoms. The number of amides is 1. The maximum atomic E-state index is 12.9. The number of nitrogens with zero attached hydrogens (tertiary/aromatic N) is 2. The molecule has 0 radical (unpaired) electrons. The predicted octanol–water partition coefficient (Wildman–Crippen LogP) is 3.87. The molecule has 28 heavy (non-hydrogen) atoms. The van der Waals surface area contributed by atoms with E-state index in [0.29, 0.717) is 34.9 Å². The highest BCUT2D eigenvalue weighted by molar-refractivity contribution is 6.02. The van der Waals surface area contributed by atoms with Crippen LogP contribution in [0.4, 0.5) is 5.69 Å². The second-order valence-electron chi connectivity index (χ2n) is 6.45. The first-order valence-electron chi connectivity index (χ1n) is 8.94. The van der Waals surface area contributed by atoms with Crippen molar-refractivity contribution in [3.05, 3.63) is 78.1 Å². The average Bonchev–Trinajstić information content (AvgIpc) is 3.46. The third-order valence-electron chi connectivity index (χ3n) is 4.58. The van der Waals surface area contributed by atoms with Crippen molar-refractivity contribution in [2.45, 2.75) is 19.4 Å². The number of furan rings is 2. The van der Waals surface area contributed by atoms with Crippen molar-refractivity contribution < 1.29 is 18.4 Å². The zero-order chi connectivity index (χ0) is 19.5. The highest BCUT2D eigenvalue weighted by Gasteiger charge is 2.35. The summed E-state index contributed by atoms with van der Waals surface area (Å²) in [5, 5.41) is 8.95. The normalized spacial score (nSPS) is 16.1. The lowest BCUT2D eigenvalue weighted by Gasteiger charge is -2.20. The molecule has 1 atom stereocenters. The minimum Gasteiger partial charge on any atom is -0.467 e. The third kappa shape index (κ3) is 3.46. The molecule has 0 saturated heterocycles. The highest BCUT2D eigenvalue weighted by Crippen LogP contribution is 2.33. The number of benzene rings is 1. The molecule has 0 fully saturated rings. The molecule has 1 aliphatic heterocycles. The smallest absolute Gasteiger partial charge is 0.262 e. The fourth-order valence-corrected chi connectivity index (χ4v) is 3.23. The molecule has 0 saturated carbocycles. The van der Waals surface area contributed by atoms with E-state index in [-0.39, 0.29) is 24.3 Å². The number of para-hydroxylation sites is 1. The number of hydrogen-bond donors (Lipinski definition) is 1. The van der Waals surface area contributed by atoms with E-state index in [0.717, 1.165) is 0 Å². The van der Waals surface area contributed by atoms with Crippen LogP contribution in [0.1, 0.15) is 41.3 Å². The van der Waals surface area contributed by atoms with Gasteiger partial charge in [-0.3, -0.25) is 9.59 Å². The number of carbonyl (C=O) groups is 2. The van der Waals surface area contributed by atoms with Crippen molar-refractivity contribution in [3.63, 3.8) is 0 Å². The van der Waals surface area contributed by atoms with Gasteiger partial charge in [0.25, 0.3) is 5.91 Å². The molecule has 1 aliphatic rings. The third-order valence-corrected chi connectivity index (χ3v) is 4.58. The monoisotopic (exact) mass is 377 g/mol. The van der Waals surface area contributed by atoms with E-state index in [9.17, 15) is 9.59 Å². The summed E-state index contributed by atoms with van der Waals surface area (Å²) in [5.74, 6) is 0.981. The SMILES string of the molecule is CC(=O)c1ccccc1NCC(=O)N1N=C(c2ccco2)CC1c1ccco1. The molecule has 1 aromatic carbocycles. The van der Waals surface area contributed by atoms with Crippen molar-refractivity contribution in [1.82, 2.24) is 5.01 Å². The number of anilines is 1. The van der Waals surface area contributed by atoms with E-state index in [1.807, 2.05) is 18.2 Å². The van der Waals surface area contributed by atoms with Crippen molar-refractivity contribution in [2.24, 2.45) is 5.10 Å². The van der Waals surface area contributed by atoms with Gasteiger partial charge >= 0.3 is 0 Å². The van der Waals surface area contributed by atoms with Gasteiger partial charge in [0.2, 0.25) is 0 Å². The summed E-state index contributed by atoms with van der Waals surface area (Å²) in [6.07, 6.45) is 3.64. The number of hydrogen-bond acceptors (Lipinski definition) is 6. The van der Waals surface area contributed by atoms with E-state index >= 15 is 0 Å². The topological polar surface area (TPSA) is 88.0 Å².